The molecule has 1 saturated heterocycles. The van der Waals surface area contributed by atoms with Gasteiger partial charge in [0.2, 0.25) is 0 Å². The number of ketones is 1. The number of aliphatic hydroxyl groups excluding tert-OH is 1. The number of hydrogen-bond acceptors (Lipinski definition) is 6. The number of methoxy groups -OCH3 is 1. The minimum Gasteiger partial charge on any atom is -0.507 e. The molecule has 0 saturated carbocycles. The summed E-state index contributed by atoms with van der Waals surface area (Å²) in [6, 6.07) is 23.2. The van der Waals surface area contributed by atoms with Crippen LogP contribution in [0.5, 0.6) is 11.5 Å². The average molecular weight is 516 g/mol. The molecule has 3 aromatic rings. The molecule has 1 amide bonds. The van der Waals surface area contributed by atoms with E-state index in [0.717, 1.165) is 12.0 Å². The first kappa shape index (κ1) is 26.9. The number of carbonyl (C=O) groups excluding carboxylic acids is 2. The van der Waals surface area contributed by atoms with E-state index in [0.29, 0.717) is 55.4 Å². The van der Waals surface area contributed by atoms with Crippen LogP contribution < -0.4 is 9.47 Å². The summed E-state index contributed by atoms with van der Waals surface area (Å²) in [5.41, 5.74) is 2.19. The van der Waals surface area contributed by atoms with Gasteiger partial charge in [-0.1, -0.05) is 49.4 Å². The molecule has 1 atom stereocenters. The fourth-order valence-electron chi connectivity index (χ4n) is 4.44. The second-order valence-corrected chi connectivity index (χ2v) is 9.06. The Hall–Kier alpha value is -4.10. The fourth-order valence-corrected chi connectivity index (χ4v) is 4.44. The molecule has 7 heteroatoms. The largest absolute Gasteiger partial charge is 0.507 e. The van der Waals surface area contributed by atoms with Gasteiger partial charge in [-0.2, -0.15) is 0 Å². The molecule has 0 radical (unpaired) electrons. The molecule has 38 heavy (non-hydrogen) atoms. The lowest BCUT2D eigenvalue weighted by Crippen LogP contribution is -2.31. The van der Waals surface area contributed by atoms with Crippen molar-refractivity contribution in [2.24, 2.45) is 0 Å². The Bertz CT molecular complexity index is 1270. The van der Waals surface area contributed by atoms with Crippen molar-refractivity contribution in [3.8, 4) is 11.5 Å². The van der Waals surface area contributed by atoms with Crippen molar-refractivity contribution in [3.63, 3.8) is 0 Å². The highest BCUT2D eigenvalue weighted by Gasteiger charge is 2.45. The third-order valence-corrected chi connectivity index (χ3v) is 6.31. The predicted molar refractivity (Wildman–Crippen MR) is 145 cm³/mol. The third kappa shape index (κ3) is 6.23. The molecule has 1 fully saturated rings. The number of aliphatic hydroxyl groups is 1. The Labute approximate surface area is 223 Å². The molecule has 4 rings (SSSR count). The van der Waals surface area contributed by atoms with E-state index in [-0.39, 0.29) is 11.3 Å². The Morgan fingerprint density at radius 3 is 2.37 bits per heavy atom. The number of carbonyl (C=O) groups is 2. The molecule has 1 unspecified atom stereocenters. The van der Waals surface area contributed by atoms with Crippen molar-refractivity contribution in [1.82, 2.24) is 4.90 Å². The van der Waals surface area contributed by atoms with E-state index in [2.05, 4.69) is 0 Å². The van der Waals surface area contributed by atoms with Gasteiger partial charge < -0.3 is 24.2 Å². The summed E-state index contributed by atoms with van der Waals surface area (Å²) in [4.78, 5) is 27.9. The topological polar surface area (TPSA) is 85.3 Å². The summed E-state index contributed by atoms with van der Waals surface area (Å²) >= 11 is 0. The lowest BCUT2D eigenvalue weighted by atomic mass is 9.95. The van der Waals surface area contributed by atoms with Crippen LogP contribution >= 0.6 is 0 Å². The number of hydrogen-bond donors (Lipinski definition) is 1. The Morgan fingerprint density at radius 2 is 1.66 bits per heavy atom. The van der Waals surface area contributed by atoms with Gasteiger partial charge in [0.1, 0.15) is 23.9 Å². The lowest BCUT2D eigenvalue weighted by molar-refractivity contribution is -0.140. The van der Waals surface area contributed by atoms with Crippen molar-refractivity contribution in [3.05, 3.63) is 101 Å². The van der Waals surface area contributed by atoms with Crippen LogP contribution in [0, 0.1) is 0 Å². The maximum Gasteiger partial charge on any atom is 0.295 e. The van der Waals surface area contributed by atoms with Crippen LogP contribution in [0.3, 0.4) is 0 Å². The number of rotatable bonds is 12. The highest BCUT2D eigenvalue weighted by Crippen LogP contribution is 2.40. The summed E-state index contributed by atoms with van der Waals surface area (Å²) in [5.74, 6) is -0.312. The third-order valence-electron chi connectivity index (χ3n) is 6.31. The van der Waals surface area contributed by atoms with Gasteiger partial charge in [-0.15, -0.1) is 0 Å². The molecule has 0 bridgehead atoms. The van der Waals surface area contributed by atoms with Gasteiger partial charge in [-0.05, 0) is 60.4 Å². The monoisotopic (exact) mass is 515 g/mol. The summed E-state index contributed by atoms with van der Waals surface area (Å²) in [6.07, 6.45) is 1.43. The Morgan fingerprint density at radius 1 is 0.895 bits per heavy atom. The minimum atomic E-state index is -0.761. The lowest BCUT2D eigenvalue weighted by Gasteiger charge is -2.25. The van der Waals surface area contributed by atoms with E-state index in [9.17, 15) is 14.7 Å². The van der Waals surface area contributed by atoms with Crippen LogP contribution in [0.4, 0.5) is 0 Å². The van der Waals surface area contributed by atoms with Gasteiger partial charge in [0.25, 0.3) is 11.7 Å². The van der Waals surface area contributed by atoms with Crippen LogP contribution in [0.2, 0.25) is 0 Å². The molecule has 1 heterocycles. The number of Topliss-reactive ketones (excluding diaryl/α,β-unsaturated/α-hetero) is 1. The van der Waals surface area contributed by atoms with E-state index in [1.54, 1.807) is 31.4 Å². The van der Waals surface area contributed by atoms with Crippen LogP contribution in [-0.4, -0.2) is 48.6 Å². The van der Waals surface area contributed by atoms with Crippen molar-refractivity contribution in [2.75, 3.05) is 26.9 Å². The molecule has 0 spiro atoms. The molecular formula is C31H33NO6. The molecular weight excluding hydrogens is 482 g/mol. The van der Waals surface area contributed by atoms with Crippen LogP contribution in [0.15, 0.2) is 84.4 Å². The SMILES string of the molecule is CCCOc1ccc(/C(O)=C2/C(=O)C(=O)N(CCCOC)C2c2cccc(OCc3ccccc3)c2)cc1. The first-order chi connectivity index (χ1) is 18.5. The van der Waals surface area contributed by atoms with Gasteiger partial charge in [0.05, 0.1) is 18.2 Å². The van der Waals surface area contributed by atoms with E-state index in [4.69, 9.17) is 14.2 Å². The summed E-state index contributed by atoms with van der Waals surface area (Å²) in [6.45, 7) is 3.73. The van der Waals surface area contributed by atoms with E-state index < -0.39 is 17.7 Å². The van der Waals surface area contributed by atoms with Crippen molar-refractivity contribution >= 4 is 17.4 Å². The first-order valence-electron chi connectivity index (χ1n) is 12.8. The van der Waals surface area contributed by atoms with Gasteiger partial charge in [0, 0.05) is 25.8 Å². The minimum absolute atomic E-state index is 0.0508. The van der Waals surface area contributed by atoms with E-state index >= 15 is 0 Å². The number of likely N-dealkylation sites (tertiary alicyclic amines) is 1. The predicted octanol–water partition coefficient (Wildman–Crippen LogP) is 5.51. The van der Waals surface area contributed by atoms with Crippen molar-refractivity contribution in [1.29, 1.82) is 0 Å². The number of ether oxygens (including phenoxy) is 3. The fraction of sp³-hybridized carbons (Fsp3) is 0.290. The summed E-state index contributed by atoms with van der Waals surface area (Å²) in [5, 5.41) is 11.3. The highest BCUT2D eigenvalue weighted by atomic mass is 16.5. The number of nitrogens with zero attached hydrogens (tertiary/aromatic N) is 1. The van der Waals surface area contributed by atoms with Crippen LogP contribution in [0.25, 0.3) is 5.76 Å². The molecule has 1 aliphatic heterocycles. The zero-order valence-corrected chi connectivity index (χ0v) is 21.8. The molecule has 198 valence electrons. The molecule has 0 aromatic heterocycles. The molecule has 3 aromatic carbocycles. The smallest absolute Gasteiger partial charge is 0.295 e. The first-order valence-corrected chi connectivity index (χ1v) is 12.8. The molecule has 1 aliphatic rings. The van der Waals surface area contributed by atoms with Gasteiger partial charge >= 0.3 is 0 Å². The molecule has 7 nitrogen and oxygen atoms in total. The highest BCUT2D eigenvalue weighted by molar-refractivity contribution is 6.46. The van der Waals surface area contributed by atoms with E-state index in [1.165, 1.54) is 4.90 Å². The number of benzene rings is 3. The van der Waals surface area contributed by atoms with Crippen LogP contribution in [0.1, 0.15) is 42.5 Å². The normalized spacial score (nSPS) is 16.6. The summed E-state index contributed by atoms with van der Waals surface area (Å²) in [7, 11) is 1.59. The molecule has 1 N–H and O–H groups in total. The standard InChI is InChI=1S/C31H33NO6/c1-3-18-37-25-15-13-23(14-16-25)29(33)27-28(32(17-8-19-36-2)31(35)30(27)34)24-11-7-12-26(20-24)38-21-22-9-5-4-6-10-22/h4-7,9-16,20,28,33H,3,8,17-19,21H2,1-2H3/b29-27-. The van der Waals surface area contributed by atoms with E-state index in [1.807, 2.05) is 61.5 Å². The van der Waals surface area contributed by atoms with Crippen LogP contribution in [-0.2, 0) is 20.9 Å². The van der Waals surface area contributed by atoms with Gasteiger partial charge in [0.15, 0.2) is 0 Å². The average Bonchev–Trinajstić information content (AvgIpc) is 3.21. The van der Waals surface area contributed by atoms with Crippen molar-refractivity contribution in [2.45, 2.75) is 32.4 Å². The van der Waals surface area contributed by atoms with Gasteiger partial charge in [-0.25, -0.2) is 0 Å². The summed E-state index contributed by atoms with van der Waals surface area (Å²) < 4.78 is 16.8. The van der Waals surface area contributed by atoms with Crippen molar-refractivity contribution < 1.29 is 28.9 Å². The number of amides is 1. The molecule has 0 aliphatic carbocycles. The zero-order chi connectivity index (χ0) is 26.9. The Kier molecular flexibility index (Phi) is 9.16. The zero-order valence-electron chi connectivity index (χ0n) is 21.8. The second-order valence-electron chi connectivity index (χ2n) is 9.06. The quantitative estimate of drug-likeness (QED) is 0.148. The Balaban J connectivity index is 1.69. The van der Waals surface area contributed by atoms with Gasteiger partial charge in [-0.3, -0.25) is 9.59 Å². The maximum absolute atomic E-state index is 13.3. The maximum atomic E-state index is 13.3. The second kappa shape index (κ2) is 12.9.